The summed E-state index contributed by atoms with van der Waals surface area (Å²) in [4.78, 5) is 24.5. The fourth-order valence-electron chi connectivity index (χ4n) is 10.5. The number of hydrogen-bond donors (Lipinski definition) is 3. The maximum Gasteiger partial charge on any atom is 0.305 e. The van der Waals surface area contributed by atoms with E-state index in [1.54, 1.807) is 6.08 Å². The monoisotopic (exact) mass is 1080 g/mol. The first-order valence-electron chi connectivity index (χ1n) is 34.4. The summed E-state index contributed by atoms with van der Waals surface area (Å²) in [6.07, 6.45) is 86.3. The number of hydrogen-bond acceptors (Lipinski definition) is 5. The summed E-state index contributed by atoms with van der Waals surface area (Å²) >= 11 is 0. The maximum atomic E-state index is 12.4. The predicted molar refractivity (Wildman–Crippen MR) is 338 cm³/mol. The van der Waals surface area contributed by atoms with Gasteiger partial charge in [0.25, 0.3) is 0 Å². The summed E-state index contributed by atoms with van der Waals surface area (Å²) in [5, 5.41) is 23.0. The third kappa shape index (κ3) is 62.9. The highest BCUT2D eigenvalue weighted by molar-refractivity contribution is 5.76. The van der Waals surface area contributed by atoms with Gasteiger partial charge >= 0.3 is 5.97 Å². The van der Waals surface area contributed by atoms with E-state index in [1.165, 1.54) is 289 Å². The molecule has 0 heterocycles. The smallest absolute Gasteiger partial charge is 0.305 e. The molecule has 6 heteroatoms. The van der Waals surface area contributed by atoms with E-state index in [4.69, 9.17) is 4.74 Å². The highest BCUT2D eigenvalue weighted by atomic mass is 16.5. The second-order valence-electron chi connectivity index (χ2n) is 23.5. The molecule has 6 nitrogen and oxygen atoms in total. The third-order valence-electron chi connectivity index (χ3n) is 15.8. The molecule has 0 aromatic rings. The Kier molecular flexibility index (Phi) is 64.5. The molecular formula is C71H133NO5. The molecular weight excluding hydrogens is 947 g/mol. The van der Waals surface area contributed by atoms with Gasteiger partial charge in [-0.2, -0.15) is 0 Å². The van der Waals surface area contributed by atoms with Gasteiger partial charge in [0.05, 0.1) is 25.4 Å². The number of carbonyl (C=O) groups excluding carboxylic acids is 2. The van der Waals surface area contributed by atoms with Gasteiger partial charge in [0, 0.05) is 12.8 Å². The van der Waals surface area contributed by atoms with E-state index in [0.29, 0.717) is 19.4 Å². The number of aliphatic hydroxyl groups is 2. The van der Waals surface area contributed by atoms with Gasteiger partial charge in [-0.15, -0.1) is 0 Å². The zero-order chi connectivity index (χ0) is 55.7. The number of carbonyl (C=O) groups is 2. The zero-order valence-corrected chi connectivity index (χ0v) is 51.7. The van der Waals surface area contributed by atoms with Crippen LogP contribution in [0.4, 0.5) is 0 Å². The van der Waals surface area contributed by atoms with Gasteiger partial charge in [0.2, 0.25) is 5.91 Å². The lowest BCUT2D eigenvalue weighted by Gasteiger charge is -2.20. The Hall–Kier alpha value is -2.18. The van der Waals surface area contributed by atoms with Crippen LogP contribution >= 0.6 is 0 Å². The van der Waals surface area contributed by atoms with Crippen molar-refractivity contribution < 1.29 is 24.5 Å². The number of ether oxygens (including phenoxy) is 1. The Bertz CT molecular complexity index is 1290. The highest BCUT2D eigenvalue weighted by Crippen LogP contribution is 2.18. The van der Waals surface area contributed by atoms with Crippen LogP contribution in [0.15, 0.2) is 48.6 Å². The van der Waals surface area contributed by atoms with Gasteiger partial charge in [0.1, 0.15) is 0 Å². The Labute approximate surface area is 480 Å². The highest BCUT2D eigenvalue weighted by Gasteiger charge is 2.18. The van der Waals surface area contributed by atoms with Crippen molar-refractivity contribution in [2.45, 2.75) is 379 Å². The van der Waals surface area contributed by atoms with E-state index in [0.717, 1.165) is 51.4 Å². The van der Waals surface area contributed by atoms with E-state index in [1.807, 2.05) is 6.08 Å². The quantitative estimate of drug-likeness (QED) is 0.0320. The molecule has 0 aromatic carbocycles. The van der Waals surface area contributed by atoms with Crippen molar-refractivity contribution in [2.24, 2.45) is 0 Å². The molecule has 2 unspecified atom stereocenters. The molecule has 452 valence electrons. The van der Waals surface area contributed by atoms with Crippen molar-refractivity contribution in [3.8, 4) is 0 Å². The molecule has 0 bridgehead atoms. The molecule has 77 heavy (non-hydrogen) atoms. The molecule has 0 aliphatic heterocycles. The molecule has 3 N–H and O–H groups in total. The van der Waals surface area contributed by atoms with Crippen LogP contribution in [-0.4, -0.2) is 47.4 Å². The number of aliphatic hydroxyl groups excluding tert-OH is 2. The third-order valence-corrected chi connectivity index (χ3v) is 15.8. The minimum absolute atomic E-state index is 0.00578. The summed E-state index contributed by atoms with van der Waals surface area (Å²) in [6, 6.07) is -0.623. The average Bonchev–Trinajstić information content (AvgIpc) is 3.43. The van der Waals surface area contributed by atoms with E-state index >= 15 is 0 Å². The van der Waals surface area contributed by atoms with Crippen molar-refractivity contribution in [3.63, 3.8) is 0 Å². The van der Waals surface area contributed by atoms with Gasteiger partial charge < -0.3 is 20.3 Å². The molecule has 1 amide bonds. The maximum absolute atomic E-state index is 12.4. The normalized spacial score (nSPS) is 12.8. The molecule has 2 atom stereocenters. The molecule has 0 fully saturated rings. The van der Waals surface area contributed by atoms with Crippen molar-refractivity contribution in [1.82, 2.24) is 5.32 Å². The molecule has 0 saturated heterocycles. The minimum Gasteiger partial charge on any atom is -0.466 e. The summed E-state index contributed by atoms with van der Waals surface area (Å²) in [5.41, 5.74) is 0. The number of esters is 1. The van der Waals surface area contributed by atoms with Gasteiger partial charge in [-0.05, 0) is 89.9 Å². The Morgan fingerprint density at radius 3 is 1.03 bits per heavy atom. The molecule has 0 aromatic heterocycles. The average molecular weight is 1080 g/mol. The lowest BCUT2D eigenvalue weighted by molar-refractivity contribution is -0.143. The van der Waals surface area contributed by atoms with Gasteiger partial charge in [-0.25, -0.2) is 0 Å². The predicted octanol–water partition coefficient (Wildman–Crippen LogP) is 22.1. The molecule has 0 aliphatic carbocycles. The number of rotatable bonds is 64. The first kappa shape index (κ1) is 74.8. The van der Waals surface area contributed by atoms with Crippen LogP contribution in [0.3, 0.4) is 0 Å². The molecule has 0 radical (unpaired) electrons. The van der Waals surface area contributed by atoms with Crippen LogP contribution < -0.4 is 5.32 Å². The summed E-state index contributed by atoms with van der Waals surface area (Å²) in [5.74, 6) is -0.0598. The molecule has 0 saturated carbocycles. The first-order chi connectivity index (χ1) is 38.0. The zero-order valence-electron chi connectivity index (χ0n) is 51.7. The SMILES string of the molecule is CCCCC/C=C\C/C=C\CCCCCCCC(=O)OCCCCCCCCCCCCCCCC/C=C\CCCCCCCCCCCCCCCCCCCC(=O)NC(CO)C(O)/C=C/CCCCCCCCCC. The van der Waals surface area contributed by atoms with Crippen LogP contribution in [-0.2, 0) is 14.3 Å². The number of amides is 1. The lowest BCUT2D eigenvalue weighted by atomic mass is 10.0. The fraction of sp³-hybridized carbons (Fsp3) is 0.859. The Morgan fingerprint density at radius 2 is 0.649 bits per heavy atom. The summed E-state index contributed by atoms with van der Waals surface area (Å²) < 4.78 is 5.49. The second-order valence-corrected chi connectivity index (χ2v) is 23.5. The van der Waals surface area contributed by atoms with E-state index < -0.39 is 12.1 Å². The first-order valence-corrected chi connectivity index (χ1v) is 34.4. The van der Waals surface area contributed by atoms with Crippen LogP contribution in [0.2, 0.25) is 0 Å². The lowest BCUT2D eigenvalue weighted by Crippen LogP contribution is -2.45. The van der Waals surface area contributed by atoms with E-state index in [9.17, 15) is 19.8 Å². The van der Waals surface area contributed by atoms with Crippen LogP contribution in [0.25, 0.3) is 0 Å². The Morgan fingerprint density at radius 1 is 0.364 bits per heavy atom. The molecule has 0 aliphatic rings. The molecule has 0 rings (SSSR count). The van der Waals surface area contributed by atoms with Crippen LogP contribution in [0.5, 0.6) is 0 Å². The number of allylic oxidation sites excluding steroid dienone is 7. The minimum atomic E-state index is -0.840. The van der Waals surface area contributed by atoms with Crippen LogP contribution in [0, 0.1) is 0 Å². The van der Waals surface area contributed by atoms with Crippen molar-refractivity contribution in [2.75, 3.05) is 13.2 Å². The standard InChI is InChI=1S/C71H133NO5/c1-3-5-7-9-11-13-15-16-38-42-45-49-53-57-61-65-71(76)77-66-62-58-54-50-46-43-40-37-35-33-31-29-27-25-23-21-19-17-18-20-22-24-26-28-30-32-34-36-39-41-44-48-52-56-60-64-70(75)72-68(67-73)69(74)63-59-55-51-47-14-12-10-8-6-4-2/h11,13,16,19,21,38,59,63,68-69,73-74H,3-10,12,14-15,17-18,20,22-37,39-58,60-62,64-67H2,1-2H3,(H,72,75)/b13-11-,21-19-,38-16-,63-59+. The second kappa shape index (κ2) is 66.3. The van der Waals surface area contributed by atoms with Crippen molar-refractivity contribution >= 4 is 11.9 Å². The largest absolute Gasteiger partial charge is 0.466 e. The van der Waals surface area contributed by atoms with E-state index in [-0.39, 0.29) is 18.5 Å². The Balaban J connectivity index is 3.33. The molecule has 0 spiro atoms. The van der Waals surface area contributed by atoms with E-state index in [2.05, 4.69) is 55.6 Å². The topological polar surface area (TPSA) is 95.9 Å². The number of nitrogens with one attached hydrogen (secondary N) is 1. The fourth-order valence-corrected chi connectivity index (χ4v) is 10.5. The number of unbranched alkanes of at least 4 members (excludes halogenated alkanes) is 47. The van der Waals surface area contributed by atoms with Crippen LogP contribution in [0.1, 0.15) is 367 Å². The van der Waals surface area contributed by atoms with Gasteiger partial charge in [-0.3, -0.25) is 9.59 Å². The van der Waals surface area contributed by atoms with Crippen molar-refractivity contribution in [1.29, 1.82) is 0 Å². The summed E-state index contributed by atoms with van der Waals surface area (Å²) in [7, 11) is 0. The van der Waals surface area contributed by atoms with Gasteiger partial charge in [0.15, 0.2) is 0 Å². The summed E-state index contributed by atoms with van der Waals surface area (Å²) in [6.45, 7) is 4.87. The van der Waals surface area contributed by atoms with Gasteiger partial charge in [-0.1, -0.05) is 313 Å². The van der Waals surface area contributed by atoms with Crippen molar-refractivity contribution in [3.05, 3.63) is 48.6 Å².